The van der Waals surface area contributed by atoms with E-state index in [0.29, 0.717) is 24.3 Å². The second kappa shape index (κ2) is 8.91. The fourth-order valence-corrected chi connectivity index (χ4v) is 5.91. The summed E-state index contributed by atoms with van der Waals surface area (Å²) in [5.41, 5.74) is 2.39. The van der Waals surface area contributed by atoms with Crippen LogP contribution in [0, 0.1) is 11.8 Å². The molecule has 0 bridgehead atoms. The van der Waals surface area contributed by atoms with Gasteiger partial charge in [0.25, 0.3) is 11.8 Å². The Morgan fingerprint density at radius 1 is 1.11 bits per heavy atom. The van der Waals surface area contributed by atoms with E-state index in [4.69, 9.17) is 5.73 Å². The lowest BCUT2D eigenvalue weighted by Crippen LogP contribution is -2.58. The second-order valence-corrected chi connectivity index (χ2v) is 9.92. The van der Waals surface area contributed by atoms with Gasteiger partial charge in [0.2, 0.25) is 5.78 Å². The second-order valence-electron chi connectivity index (χ2n) is 9.92. The first-order chi connectivity index (χ1) is 17.3. The zero-order valence-electron chi connectivity index (χ0n) is 21.2. The van der Waals surface area contributed by atoms with Crippen LogP contribution in [0.2, 0.25) is 0 Å². The van der Waals surface area contributed by atoms with Gasteiger partial charge in [-0.15, -0.1) is 0 Å². The Morgan fingerprint density at radius 2 is 1.73 bits per heavy atom. The lowest BCUT2D eigenvalue weighted by atomic mass is 9.59. The van der Waals surface area contributed by atoms with Crippen molar-refractivity contribution in [1.82, 2.24) is 4.90 Å². The molecule has 0 saturated heterocycles. The first kappa shape index (κ1) is 26.2. The molecule has 37 heavy (non-hydrogen) atoms. The van der Waals surface area contributed by atoms with Gasteiger partial charge in [-0.2, -0.15) is 0 Å². The van der Waals surface area contributed by atoms with Gasteiger partial charge in [-0.25, -0.2) is 0 Å². The van der Waals surface area contributed by atoms with Crippen LogP contribution < -0.4 is 10.6 Å². The van der Waals surface area contributed by atoms with Gasteiger partial charge in [0.15, 0.2) is 11.4 Å². The number of phenolic OH excluding ortho intramolecular Hbond substituents is 1. The molecule has 0 aliphatic heterocycles. The highest BCUT2D eigenvalue weighted by Gasteiger charge is 2.60. The normalized spacial score (nSPS) is 24.9. The summed E-state index contributed by atoms with van der Waals surface area (Å²) in [6.07, 6.45) is -0.184. The summed E-state index contributed by atoms with van der Waals surface area (Å²) in [6, 6.07) is 1.55. The number of aliphatic hydroxyl groups excluding tert-OH is 2. The molecular formula is C26H31N3O8. The molecule has 1 aromatic rings. The van der Waals surface area contributed by atoms with E-state index < -0.39 is 63.7 Å². The molecule has 0 heterocycles. The van der Waals surface area contributed by atoms with E-state index in [1.54, 1.807) is 38.9 Å². The monoisotopic (exact) mass is 513 g/mol. The van der Waals surface area contributed by atoms with E-state index in [9.17, 15) is 39.6 Å². The van der Waals surface area contributed by atoms with Gasteiger partial charge in [-0.05, 0) is 44.2 Å². The third-order valence-corrected chi connectivity index (χ3v) is 7.80. The van der Waals surface area contributed by atoms with Crippen molar-refractivity contribution in [3.05, 3.63) is 39.7 Å². The molecule has 0 spiro atoms. The fourth-order valence-electron chi connectivity index (χ4n) is 5.91. The molecule has 0 aromatic heterocycles. The number of aromatic hydroxyl groups is 1. The van der Waals surface area contributed by atoms with E-state index >= 15 is 0 Å². The average Bonchev–Trinajstić information content (AvgIpc) is 2.81. The van der Waals surface area contributed by atoms with Gasteiger partial charge in [-0.3, -0.25) is 19.2 Å². The number of nitrogens with zero attached hydrogens (tertiary/aromatic N) is 2. The van der Waals surface area contributed by atoms with Crippen molar-refractivity contribution in [2.45, 2.75) is 38.7 Å². The minimum atomic E-state index is -2.63. The Morgan fingerprint density at radius 3 is 2.27 bits per heavy atom. The zero-order chi connectivity index (χ0) is 27.6. The number of Topliss-reactive ketones (excluding diaryl/α,β-unsaturated/α-hetero) is 2. The average molecular weight is 514 g/mol. The Kier molecular flexibility index (Phi) is 6.31. The maximum absolute atomic E-state index is 13.7. The minimum Gasteiger partial charge on any atom is -0.508 e. The highest BCUT2D eigenvalue weighted by Crippen LogP contribution is 2.53. The summed E-state index contributed by atoms with van der Waals surface area (Å²) in [5.74, 6) is -7.52. The lowest BCUT2D eigenvalue weighted by molar-refractivity contribution is -0.147. The summed E-state index contributed by atoms with van der Waals surface area (Å²) in [5, 5.41) is 44.6. The van der Waals surface area contributed by atoms with Crippen LogP contribution >= 0.6 is 0 Å². The highest BCUT2D eigenvalue weighted by atomic mass is 16.3. The summed E-state index contributed by atoms with van der Waals surface area (Å²) >= 11 is 0. The topological polar surface area (TPSA) is 182 Å². The van der Waals surface area contributed by atoms with Crippen molar-refractivity contribution in [2.24, 2.45) is 17.6 Å². The van der Waals surface area contributed by atoms with Gasteiger partial charge < -0.3 is 36.0 Å². The Hall–Kier alpha value is -3.86. The van der Waals surface area contributed by atoms with Crippen LogP contribution in [0.5, 0.6) is 5.75 Å². The number of amides is 2. The number of aliphatic hydroxyl groups is 3. The van der Waals surface area contributed by atoms with Gasteiger partial charge in [-0.1, -0.05) is 0 Å². The van der Waals surface area contributed by atoms with Gasteiger partial charge in [0, 0.05) is 50.8 Å². The number of rotatable bonds is 5. The largest absolute Gasteiger partial charge is 0.508 e. The molecular weight excluding hydrogens is 482 g/mol. The summed E-state index contributed by atoms with van der Waals surface area (Å²) in [4.78, 5) is 54.4. The Labute approximate surface area is 213 Å². The predicted molar refractivity (Wildman–Crippen MR) is 133 cm³/mol. The Bertz CT molecular complexity index is 1310. The lowest BCUT2D eigenvalue weighted by Gasteiger charge is -2.46. The molecule has 198 valence electrons. The number of hydrogen-bond acceptors (Lipinski definition) is 9. The number of benzene rings is 1. The summed E-state index contributed by atoms with van der Waals surface area (Å²) < 4.78 is 0. The third-order valence-electron chi connectivity index (χ3n) is 7.80. The quantitative estimate of drug-likeness (QED) is 0.358. The molecule has 2 amide bonds. The van der Waals surface area contributed by atoms with Crippen LogP contribution in [0.25, 0.3) is 5.76 Å². The molecule has 11 heteroatoms. The van der Waals surface area contributed by atoms with Gasteiger partial charge in [0.05, 0.1) is 11.1 Å². The van der Waals surface area contributed by atoms with Crippen LogP contribution in [0.3, 0.4) is 0 Å². The van der Waals surface area contributed by atoms with E-state index in [1.165, 1.54) is 4.90 Å². The van der Waals surface area contributed by atoms with E-state index in [-0.39, 0.29) is 36.0 Å². The zero-order valence-corrected chi connectivity index (χ0v) is 21.2. The van der Waals surface area contributed by atoms with Crippen LogP contribution in [0.1, 0.15) is 48.2 Å². The summed E-state index contributed by atoms with van der Waals surface area (Å²) in [7, 11) is 3.49. The maximum atomic E-state index is 13.7. The number of nitrogens with two attached hydrogens (primary N) is 1. The predicted octanol–water partition coefficient (Wildman–Crippen LogP) is 0.972. The van der Waals surface area contributed by atoms with Crippen LogP contribution in [-0.2, 0) is 20.8 Å². The standard InChI is InChI=1S/C26H31N3O8/c1-5-29(6-2)25(36)14-10-15(28(3)4)13-8-11-7-12-9-16(30)19(24(27)35)23(34)26(12,37)22(33)17(11)21(32)18(13)20(14)31/h10-12,31-32,34,37H,5-9H2,1-4H3,(H2,27,35)/t11-,12+,26+/m1/s1. The fraction of sp³-hybridized carbons (Fsp3) is 0.462. The van der Waals surface area contributed by atoms with Crippen molar-refractivity contribution < 1.29 is 39.6 Å². The molecule has 1 fully saturated rings. The van der Waals surface area contributed by atoms with Crippen molar-refractivity contribution in [3.8, 4) is 5.75 Å². The van der Waals surface area contributed by atoms with Crippen molar-refractivity contribution >= 4 is 34.8 Å². The van der Waals surface area contributed by atoms with Crippen molar-refractivity contribution in [1.29, 1.82) is 0 Å². The minimum absolute atomic E-state index is 0.0384. The number of carbonyl (C=O) groups excluding carboxylic acids is 4. The van der Waals surface area contributed by atoms with Gasteiger partial charge >= 0.3 is 0 Å². The first-order valence-electron chi connectivity index (χ1n) is 12.1. The van der Waals surface area contributed by atoms with Crippen LogP contribution in [0.15, 0.2) is 23.0 Å². The van der Waals surface area contributed by atoms with Crippen LogP contribution in [-0.4, -0.2) is 81.5 Å². The van der Waals surface area contributed by atoms with E-state index in [1.807, 2.05) is 0 Å². The van der Waals surface area contributed by atoms with Gasteiger partial charge in [0.1, 0.15) is 22.8 Å². The SMILES string of the molecule is CCN(CC)C(=O)c1cc(N(C)C)c2c(c1O)C(O)=C1C(=O)[C@]3(O)C(O)=C(C(N)=O)C(=O)C[C@@H]3C[C@@H]1C2. The number of primary amides is 1. The highest BCUT2D eigenvalue weighted by molar-refractivity contribution is 6.22. The number of ketones is 2. The van der Waals surface area contributed by atoms with E-state index in [2.05, 4.69) is 0 Å². The molecule has 3 aliphatic rings. The number of phenols is 1. The smallest absolute Gasteiger partial charge is 0.257 e. The number of anilines is 1. The molecule has 0 radical (unpaired) electrons. The number of fused-ring (bicyclic) bond motifs is 3. The third kappa shape index (κ3) is 3.59. The molecule has 0 unspecified atom stereocenters. The molecule has 3 aliphatic carbocycles. The molecule has 6 N–H and O–H groups in total. The van der Waals surface area contributed by atoms with Crippen LogP contribution in [0.4, 0.5) is 5.69 Å². The van der Waals surface area contributed by atoms with Crippen molar-refractivity contribution in [2.75, 3.05) is 32.1 Å². The molecule has 4 rings (SSSR count). The molecule has 11 nitrogen and oxygen atoms in total. The first-order valence-corrected chi connectivity index (χ1v) is 12.1. The molecule has 1 saturated carbocycles. The summed E-state index contributed by atoms with van der Waals surface area (Å²) in [6.45, 7) is 4.36. The van der Waals surface area contributed by atoms with Crippen molar-refractivity contribution in [3.63, 3.8) is 0 Å². The number of carbonyl (C=O) groups is 4. The molecule has 1 aromatic carbocycles. The Balaban J connectivity index is 1.97. The molecule has 3 atom stereocenters. The maximum Gasteiger partial charge on any atom is 0.257 e. The number of hydrogen-bond donors (Lipinski definition) is 5. The van der Waals surface area contributed by atoms with E-state index in [0.717, 1.165) is 0 Å².